The third-order valence-corrected chi connectivity index (χ3v) is 14.1. The van der Waals surface area contributed by atoms with Gasteiger partial charge in [0, 0.05) is 35.3 Å². The average molecular weight is 844 g/mol. The second-order valence-electron chi connectivity index (χ2n) is 18.1. The van der Waals surface area contributed by atoms with E-state index in [1.54, 1.807) is 20.8 Å². The van der Waals surface area contributed by atoms with Crippen LogP contribution in [0.15, 0.2) is 23.4 Å². The lowest BCUT2D eigenvalue weighted by Gasteiger charge is -2.48. The van der Waals surface area contributed by atoms with E-state index >= 15 is 0 Å². The van der Waals surface area contributed by atoms with Gasteiger partial charge in [0.2, 0.25) is 0 Å². The summed E-state index contributed by atoms with van der Waals surface area (Å²) in [5.74, 6) is -4.01. The Labute approximate surface area is 350 Å². The van der Waals surface area contributed by atoms with Crippen LogP contribution in [0.4, 0.5) is 4.79 Å². The molecule has 15 atom stereocenters. The Morgan fingerprint density at radius 2 is 1.83 bits per heavy atom. The zero-order valence-electron chi connectivity index (χ0n) is 35.9. The summed E-state index contributed by atoms with van der Waals surface area (Å²) in [6.07, 6.45) is -4.36. The number of carbonyl (C=O) groups is 3. The van der Waals surface area contributed by atoms with Crippen LogP contribution >= 0.6 is 11.7 Å². The summed E-state index contributed by atoms with van der Waals surface area (Å²) in [7, 11) is 3.83. The van der Waals surface area contributed by atoms with Crippen LogP contribution in [0.3, 0.4) is 0 Å². The molecule has 0 saturated carbocycles. The Kier molecular flexibility index (Phi) is 12.8. The lowest BCUT2D eigenvalue weighted by molar-refractivity contribution is -0.302. The molecule has 2 aromatic rings. The number of aliphatic hydroxyl groups is 1. The van der Waals surface area contributed by atoms with Crippen molar-refractivity contribution in [3.8, 4) is 0 Å². The molecular formula is C42H61N5O11S. The zero-order valence-corrected chi connectivity index (χ0v) is 36.7. The summed E-state index contributed by atoms with van der Waals surface area (Å²) < 4.78 is 48.6. The van der Waals surface area contributed by atoms with Gasteiger partial charge in [-0.25, -0.2) is 4.79 Å². The molecule has 17 heteroatoms. The number of benzene rings is 1. The molecule has 59 heavy (non-hydrogen) atoms. The fourth-order valence-electron chi connectivity index (χ4n) is 10.3. The van der Waals surface area contributed by atoms with Crippen LogP contribution < -0.4 is 0 Å². The van der Waals surface area contributed by atoms with E-state index in [1.165, 1.54) is 4.90 Å². The molecule has 0 aliphatic carbocycles. The van der Waals surface area contributed by atoms with Gasteiger partial charge >= 0.3 is 12.1 Å². The second kappa shape index (κ2) is 17.2. The van der Waals surface area contributed by atoms with Gasteiger partial charge in [-0.05, 0) is 67.1 Å². The Bertz CT molecular complexity index is 1900. The highest BCUT2D eigenvalue weighted by Crippen LogP contribution is 2.45. The Hall–Kier alpha value is -3.32. The summed E-state index contributed by atoms with van der Waals surface area (Å²) in [6.45, 7) is 15.0. The van der Waals surface area contributed by atoms with Crippen molar-refractivity contribution < 1.29 is 52.7 Å². The number of likely N-dealkylation sites (N-methyl/N-ethyl adjacent to an activating group) is 1. The highest BCUT2D eigenvalue weighted by atomic mass is 32.1. The molecule has 6 heterocycles. The van der Waals surface area contributed by atoms with E-state index in [0.29, 0.717) is 24.1 Å². The smallest absolute Gasteiger partial charge is 0.411 e. The maximum absolute atomic E-state index is 14.9. The van der Waals surface area contributed by atoms with Crippen LogP contribution in [0, 0.1) is 29.6 Å². The van der Waals surface area contributed by atoms with Crippen LogP contribution in [0.5, 0.6) is 0 Å². The van der Waals surface area contributed by atoms with Crippen LogP contribution in [0.1, 0.15) is 80.2 Å². The molecule has 5 aliphatic rings. The van der Waals surface area contributed by atoms with Crippen LogP contribution in [0.2, 0.25) is 0 Å². The van der Waals surface area contributed by atoms with Gasteiger partial charge in [0.25, 0.3) is 0 Å². The maximum Gasteiger partial charge on any atom is 0.411 e. The monoisotopic (exact) mass is 843 g/mol. The standard InChI is InChI=1S/C42H61N5O11S/c1-11-31-42(8)36-23(4)33(48)21(2)16-41(7)37(57-39-34(49)30(46(9)10)15-22(3)55-39)24(5)35(25(6)38(50)56-31)52-18-27(19-53-41)29(17-47(36)40(51)58-42)43-54-20-26-13-12-14-28-32(26)45-59-44-28/h12-14,21-25,27,30-31,34-37,39,49H,11,15-20H2,1-10H3/b43-29-/t21-,22-,23+,24+,25-,27?,30+,31-,34-,35+,36+,37-,39+,41?,42?/m1/s1. The van der Waals surface area contributed by atoms with Crippen LogP contribution in [0.25, 0.3) is 11.0 Å². The van der Waals surface area contributed by atoms with E-state index in [9.17, 15) is 19.5 Å². The molecular weight excluding hydrogens is 783 g/mol. The number of amides is 1. The second-order valence-corrected chi connectivity index (χ2v) is 18.6. The fourth-order valence-corrected chi connectivity index (χ4v) is 10.9. The number of esters is 1. The van der Waals surface area contributed by atoms with Gasteiger partial charge < -0.3 is 43.3 Å². The molecule has 6 bridgehead atoms. The van der Waals surface area contributed by atoms with Gasteiger partial charge in [-0.15, -0.1) is 0 Å². The van der Waals surface area contributed by atoms with Gasteiger partial charge in [0.05, 0.1) is 73.1 Å². The number of ketones is 1. The van der Waals surface area contributed by atoms with E-state index in [2.05, 4.69) is 8.75 Å². The van der Waals surface area contributed by atoms with Crippen molar-refractivity contribution in [2.45, 2.75) is 141 Å². The number of oxime groups is 1. The molecule has 1 aromatic heterocycles. The first-order valence-electron chi connectivity index (χ1n) is 21.0. The Morgan fingerprint density at radius 1 is 1.07 bits per heavy atom. The lowest BCUT2D eigenvalue weighted by atomic mass is 9.73. The number of rotatable bonds is 7. The van der Waals surface area contributed by atoms with Crippen molar-refractivity contribution in [3.05, 3.63) is 23.8 Å². The van der Waals surface area contributed by atoms with Gasteiger partial charge in [0.15, 0.2) is 11.9 Å². The lowest BCUT2D eigenvalue weighted by Crippen LogP contribution is -2.61. The molecule has 0 radical (unpaired) electrons. The molecule has 1 aromatic carbocycles. The first-order valence-corrected chi connectivity index (χ1v) is 21.7. The number of aliphatic hydroxyl groups excluding tert-OH is 1. The third-order valence-electron chi connectivity index (χ3n) is 13.6. The number of Topliss-reactive ketones (excluding diaryl/α,β-unsaturated/α-hetero) is 1. The summed E-state index contributed by atoms with van der Waals surface area (Å²) in [5.41, 5.74) is 0.0924. The first kappa shape index (κ1) is 43.8. The normalized spacial score (nSPS) is 41.6. The Balaban J connectivity index is 1.38. The fraction of sp³-hybridized carbons (Fsp3) is 0.762. The molecule has 5 aliphatic heterocycles. The molecule has 1 N–H and O–H groups in total. The van der Waals surface area contributed by atoms with Crippen molar-refractivity contribution >= 4 is 46.3 Å². The molecule has 5 fully saturated rings. The highest BCUT2D eigenvalue weighted by molar-refractivity contribution is 7.00. The van der Waals surface area contributed by atoms with Crippen molar-refractivity contribution in [3.63, 3.8) is 0 Å². The van der Waals surface area contributed by atoms with Crippen molar-refractivity contribution in [2.75, 3.05) is 33.9 Å². The van der Waals surface area contributed by atoms with Crippen molar-refractivity contribution in [2.24, 2.45) is 34.7 Å². The minimum absolute atomic E-state index is 0.0338. The van der Waals surface area contributed by atoms with Gasteiger partial charge in [-0.2, -0.15) is 8.75 Å². The predicted molar refractivity (Wildman–Crippen MR) is 216 cm³/mol. The SMILES string of the molecule is CC[C@H]1OC(=O)[C@H](C)[C@H]2OCC3COC(C)(C[C@@H](C)C(=O)[C@H](C)[C@@H]4N(C/C3=N/OCc3cccc5nsnc35)C(=O)OC41C)[C@H](O[C@@H]1O[C@H](C)C[C@H](N(C)C)[C@H]1O)[C@H]2C. The number of cyclic esters (lactones) is 1. The summed E-state index contributed by atoms with van der Waals surface area (Å²) in [5, 5.41) is 16.4. The summed E-state index contributed by atoms with van der Waals surface area (Å²) in [6, 6.07) is 4.57. The highest BCUT2D eigenvalue weighted by Gasteiger charge is 2.61. The molecule has 16 nitrogen and oxygen atoms in total. The van der Waals surface area contributed by atoms with Crippen LogP contribution in [-0.4, -0.2) is 141 Å². The number of nitrogens with zero attached hydrogens (tertiary/aromatic N) is 5. The molecule has 3 unspecified atom stereocenters. The summed E-state index contributed by atoms with van der Waals surface area (Å²) >= 11 is 1.11. The van der Waals surface area contributed by atoms with Crippen LogP contribution in [-0.2, 0) is 49.5 Å². The number of fused-ring (bicyclic) bond motifs is 6. The van der Waals surface area contributed by atoms with E-state index in [1.807, 2.05) is 71.8 Å². The topological polar surface area (TPSA) is 181 Å². The Morgan fingerprint density at radius 3 is 2.56 bits per heavy atom. The van der Waals surface area contributed by atoms with E-state index in [0.717, 1.165) is 22.8 Å². The molecule has 0 spiro atoms. The molecule has 326 valence electrons. The minimum Gasteiger partial charge on any atom is -0.458 e. The van der Waals surface area contributed by atoms with E-state index < -0.39 is 89.6 Å². The third kappa shape index (κ3) is 8.24. The summed E-state index contributed by atoms with van der Waals surface area (Å²) in [4.78, 5) is 53.1. The number of aromatic nitrogens is 2. The van der Waals surface area contributed by atoms with Crippen molar-refractivity contribution in [1.82, 2.24) is 18.5 Å². The van der Waals surface area contributed by atoms with Gasteiger partial charge in [-0.3, -0.25) is 14.5 Å². The molecule has 1 amide bonds. The van der Waals surface area contributed by atoms with E-state index in [-0.39, 0.29) is 50.7 Å². The maximum atomic E-state index is 14.9. The minimum atomic E-state index is -1.39. The number of ether oxygens (including phenoxy) is 6. The number of hydrogen-bond donors (Lipinski definition) is 1. The van der Waals surface area contributed by atoms with Gasteiger partial charge in [-0.1, -0.05) is 45.0 Å². The molecule has 5 saturated heterocycles. The average Bonchev–Trinajstić information content (AvgIpc) is 3.78. The van der Waals surface area contributed by atoms with Crippen molar-refractivity contribution in [1.29, 1.82) is 0 Å². The molecule has 7 rings (SSSR count). The van der Waals surface area contributed by atoms with E-state index in [4.69, 9.17) is 38.4 Å². The number of carbonyl (C=O) groups excluding carboxylic acids is 3. The van der Waals surface area contributed by atoms with Gasteiger partial charge in [0.1, 0.15) is 35.6 Å². The quantitative estimate of drug-likeness (QED) is 0.302. The first-order chi connectivity index (χ1) is 28.0. The predicted octanol–water partition coefficient (Wildman–Crippen LogP) is 4.60. The zero-order chi connectivity index (χ0) is 42.6. The largest absolute Gasteiger partial charge is 0.458 e. The number of hydrogen-bond acceptors (Lipinski definition) is 16.